The summed E-state index contributed by atoms with van der Waals surface area (Å²) < 4.78 is 0. The van der Waals surface area contributed by atoms with E-state index in [1.165, 1.54) is 44.7 Å². The van der Waals surface area contributed by atoms with Gasteiger partial charge in [-0.15, -0.1) is 0 Å². The molecule has 3 aliphatic rings. The number of hydrogen-bond donors (Lipinski definition) is 1. The molecule has 0 amide bonds. The van der Waals surface area contributed by atoms with Crippen LogP contribution in [0.2, 0.25) is 0 Å². The minimum absolute atomic E-state index is 0.245. The summed E-state index contributed by atoms with van der Waals surface area (Å²) in [4.78, 5) is 0. The standard InChI is InChI=1S/C13H18ClNO/c14-12(3-4-15-16)13-7-9-1-2-11(13)6-10(5-9)8-13/h3-4,9-11,16H,1-2,5-8H2. The third kappa shape index (κ3) is 1.42. The number of fused-ring (bicyclic) bond motifs is 2. The SMILES string of the molecule is ON=CC=C(Cl)C12CC3CCC1CC(C3)C2. The van der Waals surface area contributed by atoms with Crippen LogP contribution in [0.1, 0.15) is 38.5 Å². The van der Waals surface area contributed by atoms with Gasteiger partial charge in [-0.1, -0.05) is 23.2 Å². The normalized spacial score (nSPS) is 46.8. The maximum atomic E-state index is 8.48. The van der Waals surface area contributed by atoms with E-state index in [0.29, 0.717) is 0 Å². The number of halogens is 1. The van der Waals surface area contributed by atoms with Gasteiger partial charge in [0, 0.05) is 10.4 Å². The Labute approximate surface area is 101 Å². The third-order valence-corrected chi connectivity index (χ3v) is 5.56. The van der Waals surface area contributed by atoms with Crippen molar-refractivity contribution in [1.82, 2.24) is 0 Å². The van der Waals surface area contributed by atoms with Gasteiger partial charge >= 0.3 is 0 Å². The number of hydrogen-bond acceptors (Lipinski definition) is 2. The lowest BCUT2D eigenvalue weighted by Crippen LogP contribution is -2.36. The second-order valence-electron chi connectivity index (χ2n) is 5.82. The molecule has 3 fully saturated rings. The van der Waals surface area contributed by atoms with Crippen LogP contribution in [0.25, 0.3) is 0 Å². The predicted molar refractivity (Wildman–Crippen MR) is 64.8 cm³/mol. The smallest absolute Gasteiger partial charge is 0.0673 e. The number of oxime groups is 1. The summed E-state index contributed by atoms with van der Waals surface area (Å²) in [7, 11) is 0. The fourth-order valence-electron chi connectivity index (χ4n) is 4.60. The molecule has 0 heterocycles. The summed E-state index contributed by atoms with van der Waals surface area (Å²) in [5, 5.41) is 12.4. The molecular formula is C13H18ClNO. The van der Waals surface area contributed by atoms with E-state index in [0.717, 1.165) is 22.8 Å². The molecule has 3 saturated carbocycles. The topological polar surface area (TPSA) is 32.6 Å². The largest absolute Gasteiger partial charge is 0.411 e. The Kier molecular flexibility index (Phi) is 2.50. The van der Waals surface area contributed by atoms with Gasteiger partial charge in [-0.05, 0) is 55.9 Å². The van der Waals surface area contributed by atoms with Crippen LogP contribution < -0.4 is 0 Å². The zero-order valence-corrected chi connectivity index (χ0v) is 10.2. The van der Waals surface area contributed by atoms with Crippen molar-refractivity contribution in [3.63, 3.8) is 0 Å². The highest BCUT2D eigenvalue weighted by Crippen LogP contribution is 2.65. The molecule has 3 rings (SSSR count). The van der Waals surface area contributed by atoms with E-state index in [-0.39, 0.29) is 5.41 Å². The van der Waals surface area contributed by atoms with E-state index in [4.69, 9.17) is 16.8 Å². The highest BCUT2D eigenvalue weighted by Gasteiger charge is 2.55. The minimum Gasteiger partial charge on any atom is -0.411 e. The average Bonchev–Trinajstić information content (AvgIpc) is 2.44. The molecule has 3 heteroatoms. The van der Waals surface area contributed by atoms with Gasteiger partial charge < -0.3 is 5.21 Å². The average molecular weight is 240 g/mol. The lowest BCUT2D eigenvalue weighted by molar-refractivity contribution is 0.104. The van der Waals surface area contributed by atoms with E-state index in [9.17, 15) is 0 Å². The molecule has 4 unspecified atom stereocenters. The van der Waals surface area contributed by atoms with Gasteiger partial charge in [0.2, 0.25) is 0 Å². The second kappa shape index (κ2) is 3.76. The van der Waals surface area contributed by atoms with E-state index in [2.05, 4.69) is 5.16 Å². The molecule has 0 aromatic heterocycles. The Morgan fingerprint density at radius 3 is 2.88 bits per heavy atom. The Morgan fingerprint density at radius 2 is 2.06 bits per heavy atom. The third-order valence-electron chi connectivity index (χ3n) is 5.06. The summed E-state index contributed by atoms with van der Waals surface area (Å²) in [6.45, 7) is 0. The molecule has 2 nitrogen and oxygen atoms in total. The van der Waals surface area contributed by atoms with E-state index >= 15 is 0 Å². The molecule has 3 aliphatic carbocycles. The monoisotopic (exact) mass is 239 g/mol. The maximum absolute atomic E-state index is 8.48. The van der Waals surface area contributed by atoms with Gasteiger partial charge in [0.25, 0.3) is 0 Å². The first kappa shape index (κ1) is 10.6. The van der Waals surface area contributed by atoms with Crippen molar-refractivity contribution in [3.8, 4) is 0 Å². The predicted octanol–water partition coefficient (Wildman–Crippen LogP) is 3.79. The summed E-state index contributed by atoms with van der Waals surface area (Å²) >= 11 is 6.47. The molecule has 0 saturated heterocycles. The first-order valence-corrected chi connectivity index (χ1v) is 6.66. The summed E-state index contributed by atoms with van der Waals surface area (Å²) in [5.41, 5.74) is 0.245. The highest BCUT2D eigenvalue weighted by atomic mass is 35.5. The van der Waals surface area contributed by atoms with E-state index in [1.807, 2.05) is 0 Å². The molecule has 1 N–H and O–H groups in total. The second-order valence-corrected chi connectivity index (χ2v) is 6.23. The van der Waals surface area contributed by atoms with Crippen LogP contribution in [0.5, 0.6) is 0 Å². The van der Waals surface area contributed by atoms with Crippen LogP contribution in [-0.4, -0.2) is 11.4 Å². The van der Waals surface area contributed by atoms with Crippen molar-refractivity contribution in [2.24, 2.45) is 28.3 Å². The molecular weight excluding hydrogens is 222 g/mol. The van der Waals surface area contributed by atoms with Gasteiger partial charge in [0.05, 0.1) is 6.21 Å². The lowest BCUT2D eigenvalue weighted by Gasteiger charge is -2.45. The van der Waals surface area contributed by atoms with Crippen LogP contribution in [0.4, 0.5) is 0 Å². The van der Waals surface area contributed by atoms with Crippen molar-refractivity contribution in [1.29, 1.82) is 0 Å². The van der Waals surface area contributed by atoms with Crippen LogP contribution >= 0.6 is 11.6 Å². The summed E-state index contributed by atoms with van der Waals surface area (Å²) in [6, 6.07) is 0. The van der Waals surface area contributed by atoms with Crippen molar-refractivity contribution < 1.29 is 5.21 Å². The molecule has 16 heavy (non-hydrogen) atoms. The number of rotatable bonds is 2. The van der Waals surface area contributed by atoms with Gasteiger partial charge in [-0.25, -0.2) is 0 Å². The Balaban J connectivity index is 1.93. The van der Waals surface area contributed by atoms with Gasteiger partial charge in [-0.3, -0.25) is 0 Å². The molecule has 0 aromatic carbocycles. The quantitative estimate of drug-likeness (QED) is 0.444. The van der Waals surface area contributed by atoms with Crippen molar-refractivity contribution in [2.45, 2.75) is 38.5 Å². The van der Waals surface area contributed by atoms with Crippen LogP contribution in [-0.2, 0) is 0 Å². The minimum atomic E-state index is 0.245. The van der Waals surface area contributed by atoms with Crippen LogP contribution in [0.3, 0.4) is 0 Å². The Morgan fingerprint density at radius 1 is 1.25 bits per heavy atom. The lowest BCUT2D eigenvalue weighted by atomic mass is 9.61. The summed E-state index contributed by atoms with van der Waals surface area (Å²) in [6.07, 6.45) is 11.3. The van der Waals surface area contributed by atoms with Crippen molar-refractivity contribution in [2.75, 3.05) is 0 Å². The van der Waals surface area contributed by atoms with Gasteiger partial charge in [0.1, 0.15) is 0 Å². The Hall–Kier alpha value is -0.500. The highest BCUT2D eigenvalue weighted by molar-refractivity contribution is 6.31. The van der Waals surface area contributed by atoms with Crippen molar-refractivity contribution >= 4 is 17.8 Å². The first-order chi connectivity index (χ1) is 7.74. The number of allylic oxidation sites excluding steroid dienone is 2. The molecule has 3 bridgehead atoms. The molecule has 88 valence electrons. The molecule has 4 atom stereocenters. The molecule has 0 aliphatic heterocycles. The van der Waals surface area contributed by atoms with Crippen molar-refractivity contribution in [3.05, 3.63) is 11.1 Å². The zero-order valence-electron chi connectivity index (χ0n) is 9.40. The summed E-state index contributed by atoms with van der Waals surface area (Å²) in [5.74, 6) is 2.58. The van der Waals surface area contributed by atoms with Gasteiger partial charge in [-0.2, -0.15) is 0 Å². The van der Waals surface area contributed by atoms with Crippen LogP contribution in [0, 0.1) is 23.2 Å². The maximum Gasteiger partial charge on any atom is 0.0673 e. The molecule has 0 spiro atoms. The first-order valence-electron chi connectivity index (χ1n) is 6.28. The fourth-order valence-corrected chi connectivity index (χ4v) is 4.96. The van der Waals surface area contributed by atoms with E-state index in [1.54, 1.807) is 6.08 Å². The Bertz CT molecular complexity index is 352. The van der Waals surface area contributed by atoms with Gasteiger partial charge in [0.15, 0.2) is 0 Å². The fraction of sp³-hybridized carbons (Fsp3) is 0.769. The van der Waals surface area contributed by atoms with E-state index < -0.39 is 0 Å². The number of nitrogens with zero attached hydrogens (tertiary/aromatic N) is 1. The molecule has 0 radical (unpaired) electrons. The van der Waals surface area contributed by atoms with Crippen LogP contribution in [0.15, 0.2) is 16.3 Å². The zero-order chi connectivity index (χ0) is 11.2. The molecule has 0 aromatic rings.